The number of rotatable bonds is 3. The molecule has 0 unspecified atom stereocenters. The van der Waals surface area contributed by atoms with E-state index in [-0.39, 0.29) is 17.0 Å². The molecule has 1 N–H and O–H groups in total. The number of nitrogens with zero attached hydrogens (tertiary/aromatic N) is 3. The minimum atomic E-state index is -0.945. The van der Waals surface area contributed by atoms with Crippen LogP contribution in [0.5, 0.6) is 0 Å². The van der Waals surface area contributed by atoms with Crippen LogP contribution in [0.25, 0.3) is 0 Å². The van der Waals surface area contributed by atoms with Crippen LogP contribution in [0.2, 0.25) is 0 Å². The van der Waals surface area contributed by atoms with Crippen LogP contribution in [0.1, 0.15) is 77.2 Å². The standard InChI is InChI=1S/C21H25N3O3/c1-21(2,3)24-18(14-5-6-14)11-17(22-24)19(25)23-9-8-13-4-7-15(20(26)27)10-16(13)12-23/h4,7,10-11,14H,5-6,8-9,12H2,1-3H3,(H,26,27). The van der Waals surface area contributed by atoms with Gasteiger partial charge >= 0.3 is 5.97 Å². The molecule has 2 heterocycles. The maximum atomic E-state index is 13.1. The van der Waals surface area contributed by atoms with Crippen LogP contribution in [0.3, 0.4) is 0 Å². The first-order valence-electron chi connectivity index (χ1n) is 9.49. The predicted octanol–water partition coefficient (Wildman–Crippen LogP) is 3.41. The molecule has 0 bridgehead atoms. The van der Waals surface area contributed by atoms with Crippen LogP contribution in [-0.4, -0.2) is 38.2 Å². The van der Waals surface area contributed by atoms with Crippen molar-refractivity contribution in [3.05, 3.63) is 52.3 Å². The summed E-state index contributed by atoms with van der Waals surface area (Å²) >= 11 is 0. The van der Waals surface area contributed by atoms with Gasteiger partial charge in [0.15, 0.2) is 5.69 Å². The summed E-state index contributed by atoms with van der Waals surface area (Å²) in [6.07, 6.45) is 3.05. The molecule has 1 fully saturated rings. The highest BCUT2D eigenvalue weighted by Crippen LogP contribution is 2.42. The highest BCUT2D eigenvalue weighted by molar-refractivity contribution is 5.93. The fraction of sp³-hybridized carbons (Fsp3) is 0.476. The van der Waals surface area contributed by atoms with Gasteiger partial charge in [0, 0.05) is 24.7 Å². The lowest BCUT2D eigenvalue weighted by molar-refractivity contribution is 0.0696. The topological polar surface area (TPSA) is 75.4 Å². The van der Waals surface area contributed by atoms with E-state index in [1.54, 1.807) is 17.0 Å². The van der Waals surface area contributed by atoms with E-state index >= 15 is 0 Å². The van der Waals surface area contributed by atoms with Gasteiger partial charge in [0.25, 0.3) is 5.91 Å². The monoisotopic (exact) mass is 367 g/mol. The van der Waals surface area contributed by atoms with Gasteiger partial charge in [-0.2, -0.15) is 5.10 Å². The van der Waals surface area contributed by atoms with Gasteiger partial charge < -0.3 is 10.0 Å². The lowest BCUT2D eigenvalue weighted by Crippen LogP contribution is -2.36. The zero-order chi connectivity index (χ0) is 19.3. The van der Waals surface area contributed by atoms with Crippen LogP contribution in [0, 0.1) is 0 Å². The van der Waals surface area contributed by atoms with Crippen molar-refractivity contribution in [2.45, 2.75) is 58.0 Å². The highest BCUT2D eigenvalue weighted by Gasteiger charge is 2.33. The van der Waals surface area contributed by atoms with Gasteiger partial charge in [-0.05, 0) is 69.4 Å². The molecular formula is C21H25N3O3. The van der Waals surface area contributed by atoms with Crippen molar-refractivity contribution < 1.29 is 14.7 Å². The van der Waals surface area contributed by atoms with Crippen molar-refractivity contribution >= 4 is 11.9 Å². The minimum Gasteiger partial charge on any atom is -0.478 e. The molecule has 1 saturated carbocycles. The zero-order valence-electron chi connectivity index (χ0n) is 16.0. The van der Waals surface area contributed by atoms with E-state index in [4.69, 9.17) is 0 Å². The molecule has 0 saturated heterocycles. The van der Waals surface area contributed by atoms with Crippen LogP contribution in [0.4, 0.5) is 0 Å². The summed E-state index contributed by atoms with van der Waals surface area (Å²) in [6, 6.07) is 7.13. The number of benzene rings is 1. The predicted molar refractivity (Wildman–Crippen MR) is 101 cm³/mol. The van der Waals surface area contributed by atoms with Crippen molar-refractivity contribution in [1.82, 2.24) is 14.7 Å². The Morgan fingerprint density at radius 3 is 2.52 bits per heavy atom. The number of hydrogen-bond donors (Lipinski definition) is 1. The number of aromatic carboxylic acids is 1. The molecule has 0 radical (unpaired) electrons. The summed E-state index contributed by atoms with van der Waals surface area (Å²) in [6.45, 7) is 7.36. The van der Waals surface area contributed by atoms with Gasteiger partial charge in [0.05, 0.1) is 11.1 Å². The third-order valence-electron chi connectivity index (χ3n) is 5.34. The van der Waals surface area contributed by atoms with Crippen molar-refractivity contribution in [3.63, 3.8) is 0 Å². The van der Waals surface area contributed by atoms with Crippen molar-refractivity contribution in [2.24, 2.45) is 0 Å². The molecule has 6 nitrogen and oxygen atoms in total. The summed E-state index contributed by atoms with van der Waals surface area (Å²) < 4.78 is 2.00. The molecule has 2 aromatic rings. The van der Waals surface area contributed by atoms with E-state index in [9.17, 15) is 14.7 Å². The summed E-state index contributed by atoms with van der Waals surface area (Å²) in [5.74, 6) is -0.510. The second-order valence-electron chi connectivity index (χ2n) is 8.58. The molecule has 1 aromatic heterocycles. The minimum absolute atomic E-state index is 0.0775. The summed E-state index contributed by atoms with van der Waals surface area (Å²) in [7, 11) is 0. The third kappa shape index (κ3) is 3.36. The van der Waals surface area contributed by atoms with E-state index in [1.165, 1.54) is 0 Å². The number of aromatic nitrogens is 2. The summed E-state index contributed by atoms with van der Waals surface area (Å²) in [5.41, 5.74) is 3.76. The number of carboxylic acids is 1. The Bertz CT molecular complexity index is 919. The normalized spacial score (nSPS) is 16.9. The fourth-order valence-electron chi connectivity index (χ4n) is 3.73. The second-order valence-corrected chi connectivity index (χ2v) is 8.58. The fourth-order valence-corrected chi connectivity index (χ4v) is 3.73. The largest absolute Gasteiger partial charge is 0.478 e. The highest BCUT2D eigenvalue weighted by atomic mass is 16.4. The van der Waals surface area contributed by atoms with Crippen molar-refractivity contribution in [2.75, 3.05) is 6.54 Å². The number of carbonyl (C=O) groups excluding carboxylic acids is 1. The van der Waals surface area contributed by atoms with Crippen molar-refractivity contribution in [3.8, 4) is 0 Å². The lowest BCUT2D eigenvalue weighted by Gasteiger charge is -2.28. The van der Waals surface area contributed by atoms with E-state index in [0.29, 0.717) is 24.7 Å². The number of carbonyl (C=O) groups is 2. The van der Waals surface area contributed by atoms with E-state index in [2.05, 4.69) is 25.9 Å². The molecule has 142 valence electrons. The molecule has 2 aliphatic rings. The van der Waals surface area contributed by atoms with Gasteiger partial charge in [-0.15, -0.1) is 0 Å². The molecule has 0 atom stereocenters. The number of hydrogen-bond acceptors (Lipinski definition) is 3. The molecule has 4 rings (SSSR count). The zero-order valence-corrected chi connectivity index (χ0v) is 16.0. The number of carboxylic acid groups (broad SMARTS) is 1. The molecule has 1 aromatic carbocycles. The van der Waals surface area contributed by atoms with Crippen molar-refractivity contribution in [1.29, 1.82) is 0 Å². The summed E-state index contributed by atoms with van der Waals surface area (Å²) in [5, 5.41) is 13.9. The molecule has 0 spiro atoms. The van der Waals surface area contributed by atoms with E-state index in [0.717, 1.165) is 36.1 Å². The Morgan fingerprint density at radius 2 is 1.89 bits per heavy atom. The smallest absolute Gasteiger partial charge is 0.335 e. The first-order chi connectivity index (χ1) is 12.7. The average molecular weight is 367 g/mol. The van der Waals surface area contributed by atoms with Gasteiger partial charge in [0.2, 0.25) is 0 Å². The first kappa shape index (κ1) is 17.8. The lowest BCUT2D eigenvalue weighted by atomic mass is 9.97. The SMILES string of the molecule is CC(C)(C)n1nc(C(=O)N2CCc3ccc(C(=O)O)cc3C2)cc1C1CC1. The van der Waals surface area contributed by atoms with Gasteiger partial charge in [-0.3, -0.25) is 9.48 Å². The van der Waals surface area contributed by atoms with E-state index in [1.807, 2.05) is 16.8 Å². The average Bonchev–Trinajstić information content (AvgIpc) is 3.37. The third-order valence-corrected chi connectivity index (χ3v) is 5.34. The Labute approximate surface area is 158 Å². The molecular weight excluding hydrogens is 342 g/mol. The molecule has 1 amide bonds. The Morgan fingerprint density at radius 1 is 1.15 bits per heavy atom. The Hall–Kier alpha value is -2.63. The second kappa shape index (κ2) is 6.22. The molecule has 6 heteroatoms. The number of amides is 1. The summed E-state index contributed by atoms with van der Waals surface area (Å²) in [4.78, 5) is 26.1. The van der Waals surface area contributed by atoms with E-state index < -0.39 is 5.97 Å². The maximum absolute atomic E-state index is 13.1. The Balaban J connectivity index is 1.61. The molecule has 1 aliphatic carbocycles. The van der Waals surface area contributed by atoms with Crippen LogP contribution >= 0.6 is 0 Å². The van der Waals surface area contributed by atoms with Gasteiger partial charge in [-0.1, -0.05) is 6.07 Å². The van der Waals surface area contributed by atoms with Crippen LogP contribution in [0.15, 0.2) is 24.3 Å². The first-order valence-corrected chi connectivity index (χ1v) is 9.49. The van der Waals surface area contributed by atoms with Crippen LogP contribution in [-0.2, 0) is 18.5 Å². The van der Waals surface area contributed by atoms with Gasteiger partial charge in [-0.25, -0.2) is 4.79 Å². The molecule has 1 aliphatic heterocycles. The number of fused-ring (bicyclic) bond motifs is 1. The maximum Gasteiger partial charge on any atom is 0.335 e. The molecule has 27 heavy (non-hydrogen) atoms. The van der Waals surface area contributed by atoms with Gasteiger partial charge in [0.1, 0.15) is 0 Å². The quantitative estimate of drug-likeness (QED) is 0.902. The van der Waals surface area contributed by atoms with Crippen LogP contribution < -0.4 is 0 Å². The Kier molecular flexibility index (Phi) is 4.09.